The summed E-state index contributed by atoms with van der Waals surface area (Å²) >= 11 is 0. The number of hydrogen-bond donors (Lipinski definition) is 0. The van der Waals surface area contributed by atoms with E-state index in [-0.39, 0.29) is 5.66 Å². The molecule has 4 nitrogen and oxygen atoms in total. The van der Waals surface area contributed by atoms with Gasteiger partial charge in [-0.15, -0.1) is 0 Å². The molecule has 0 fully saturated rings. The molecule has 0 aromatic carbocycles. The van der Waals surface area contributed by atoms with Crippen molar-refractivity contribution in [3.8, 4) is 5.75 Å². The quantitative estimate of drug-likeness (QED) is 0.776. The predicted octanol–water partition coefficient (Wildman–Crippen LogP) is 3.72. The summed E-state index contributed by atoms with van der Waals surface area (Å²) in [5.41, 5.74) is 2.78. The first kappa shape index (κ1) is 14.5. The summed E-state index contributed by atoms with van der Waals surface area (Å²) in [6.45, 7) is 11.8. The number of hydrogen-bond acceptors (Lipinski definition) is 4. The third kappa shape index (κ3) is 2.85. The van der Waals surface area contributed by atoms with Gasteiger partial charge in [0.1, 0.15) is 5.75 Å². The van der Waals surface area contributed by atoms with Crippen molar-refractivity contribution in [3.63, 3.8) is 0 Å². The minimum atomic E-state index is -2.22. The van der Waals surface area contributed by atoms with Crippen molar-refractivity contribution in [1.82, 2.24) is 4.98 Å². The predicted molar refractivity (Wildman–Crippen MR) is 76.3 cm³/mol. The van der Waals surface area contributed by atoms with Crippen LogP contribution in [0.3, 0.4) is 0 Å². The van der Waals surface area contributed by atoms with E-state index in [1.807, 2.05) is 33.9 Å². The Morgan fingerprint density at radius 1 is 1.42 bits per heavy atom. The molecule has 5 heteroatoms. The topological polar surface area (TPSA) is 48.4 Å². The highest BCUT2D eigenvalue weighted by molar-refractivity contribution is 7.62. The first-order chi connectivity index (χ1) is 8.62. The number of ether oxygens (including phenoxy) is 2. The fourth-order valence-corrected chi connectivity index (χ4v) is 3.05. The molecule has 1 aliphatic heterocycles. The van der Waals surface area contributed by atoms with Gasteiger partial charge in [-0.05, 0) is 25.8 Å². The lowest BCUT2D eigenvalue weighted by atomic mass is 10.0. The average molecular weight is 283 g/mol. The molecule has 0 saturated carbocycles. The number of aryl methyl sites for hydroxylation is 1. The first-order valence-electron chi connectivity index (χ1n) is 6.48. The monoisotopic (exact) mass is 283 g/mol. The van der Waals surface area contributed by atoms with Crippen molar-refractivity contribution in [1.29, 1.82) is 0 Å². The lowest BCUT2D eigenvalue weighted by Crippen LogP contribution is -2.36. The molecule has 1 aliphatic rings. The van der Waals surface area contributed by atoms with Crippen LogP contribution in [0.25, 0.3) is 0 Å². The van der Waals surface area contributed by atoms with E-state index in [9.17, 15) is 4.57 Å². The van der Waals surface area contributed by atoms with Gasteiger partial charge in [0.15, 0.2) is 0 Å². The van der Waals surface area contributed by atoms with Crippen molar-refractivity contribution in [2.75, 3.05) is 13.3 Å². The molecule has 0 bridgehead atoms. The second-order valence-corrected chi connectivity index (χ2v) is 9.65. The van der Waals surface area contributed by atoms with Crippen LogP contribution in [0.2, 0.25) is 0 Å². The zero-order valence-corrected chi connectivity index (χ0v) is 13.4. The summed E-state index contributed by atoms with van der Waals surface area (Å²) < 4.78 is 23.9. The maximum absolute atomic E-state index is 12.3. The van der Waals surface area contributed by atoms with E-state index < -0.39 is 12.9 Å². The number of rotatable bonds is 2. The van der Waals surface area contributed by atoms with E-state index >= 15 is 0 Å². The van der Waals surface area contributed by atoms with Crippen molar-refractivity contribution in [2.45, 2.75) is 45.7 Å². The van der Waals surface area contributed by atoms with Crippen molar-refractivity contribution in [3.05, 3.63) is 23.0 Å². The van der Waals surface area contributed by atoms with E-state index in [4.69, 9.17) is 9.47 Å². The fraction of sp³-hybridized carbons (Fsp3) is 0.643. The van der Waals surface area contributed by atoms with Gasteiger partial charge in [0.25, 0.3) is 0 Å². The Bertz CT molecular complexity index is 548. The first-order valence-corrected chi connectivity index (χ1v) is 9.15. The third-order valence-corrected chi connectivity index (χ3v) is 5.79. The molecular weight excluding hydrogens is 261 g/mol. The SMILES string of the molecule is Cc1ncc(C(C)P(C)(C)=O)c2c1OC(C)(C)OC2. The van der Waals surface area contributed by atoms with E-state index in [0.29, 0.717) is 6.61 Å². The molecule has 0 saturated heterocycles. The van der Waals surface area contributed by atoms with Gasteiger partial charge in [0, 0.05) is 31.3 Å². The molecule has 0 radical (unpaired) electrons. The van der Waals surface area contributed by atoms with Gasteiger partial charge < -0.3 is 14.0 Å². The van der Waals surface area contributed by atoms with Crippen LogP contribution in [0.1, 0.15) is 43.3 Å². The summed E-state index contributed by atoms with van der Waals surface area (Å²) in [6.07, 6.45) is 1.81. The molecule has 1 aromatic heterocycles. The summed E-state index contributed by atoms with van der Waals surface area (Å²) in [5.74, 6) is 0.151. The van der Waals surface area contributed by atoms with Gasteiger partial charge in [-0.25, -0.2) is 0 Å². The zero-order chi connectivity index (χ0) is 14.4. The van der Waals surface area contributed by atoms with E-state index in [1.54, 1.807) is 13.3 Å². The second-order valence-electron chi connectivity index (χ2n) is 6.01. The van der Waals surface area contributed by atoms with Crippen molar-refractivity contribution in [2.24, 2.45) is 0 Å². The second kappa shape index (κ2) is 4.60. The summed E-state index contributed by atoms with van der Waals surface area (Å²) in [4.78, 5) is 4.39. The minimum absolute atomic E-state index is 0.0391. The lowest BCUT2D eigenvalue weighted by molar-refractivity contribution is -0.180. The maximum Gasteiger partial charge on any atom is 0.205 e. The Labute approximate surface area is 114 Å². The molecule has 1 unspecified atom stereocenters. The van der Waals surface area contributed by atoms with Gasteiger partial charge in [0.2, 0.25) is 5.79 Å². The van der Waals surface area contributed by atoms with Crippen LogP contribution >= 0.6 is 7.14 Å². The van der Waals surface area contributed by atoms with E-state index in [2.05, 4.69) is 4.98 Å². The Hall–Kier alpha value is -0.860. The molecule has 2 rings (SSSR count). The molecule has 106 valence electrons. The van der Waals surface area contributed by atoms with Crippen molar-refractivity contribution >= 4 is 7.14 Å². The summed E-state index contributed by atoms with van der Waals surface area (Å²) in [6, 6.07) is 0. The summed E-state index contributed by atoms with van der Waals surface area (Å²) in [5, 5.41) is 0. The van der Waals surface area contributed by atoms with Crippen LogP contribution in [-0.2, 0) is 15.9 Å². The average Bonchev–Trinajstić information content (AvgIpc) is 2.27. The third-order valence-electron chi connectivity index (χ3n) is 3.64. The van der Waals surface area contributed by atoms with Gasteiger partial charge in [0.05, 0.1) is 19.4 Å². The molecule has 1 atom stereocenters. The summed E-state index contributed by atoms with van der Waals surface area (Å²) in [7, 11) is -2.22. The van der Waals surface area contributed by atoms with Gasteiger partial charge in [-0.3, -0.25) is 4.98 Å². The highest BCUT2D eigenvalue weighted by Gasteiger charge is 2.33. The van der Waals surface area contributed by atoms with Crippen molar-refractivity contribution < 1.29 is 14.0 Å². The van der Waals surface area contributed by atoms with Gasteiger partial charge in [-0.2, -0.15) is 0 Å². The van der Waals surface area contributed by atoms with Gasteiger partial charge >= 0.3 is 0 Å². The number of pyridine rings is 1. The van der Waals surface area contributed by atoms with Crippen LogP contribution < -0.4 is 4.74 Å². The van der Waals surface area contributed by atoms with Crippen LogP contribution in [0.15, 0.2) is 6.20 Å². The van der Waals surface area contributed by atoms with E-state index in [1.165, 1.54) is 0 Å². The number of aromatic nitrogens is 1. The highest BCUT2D eigenvalue weighted by Crippen LogP contribution is 2.54. The molecule has 19 heavy (non-hydrogen) atoms. The smallest absolute Gasteiger partial charge is 0.205 e. The van der Waals surface area contributed by atoms with Crippen LogP contribution in [0.5, 0.6) is 5.75 Å². The molecular formula is C14H22NO3P. The maximum atomic E-state index is 12.3. The minimum Gasteiger partial charge on any atom is -0.461 e. The number of nitrogens with zero attached hydrogens (tertiary/aromatic N) is 1. The Morgan fingerprint density at radius 3 is 2.63 bits per heavy atom. The molecule has 2 heterocycles. The molecule has 0 amide bonds. The Balaban J connectivity index is 2.53. The lowest BCUT2D eigenvalue weighted by Gasteiger charge is -2.35. The number of fused-ring (bicyclic) bond motifs is 1. The Morgan fingerprint density at radius 2 is 2.05 bits per heavy atom. The standard InChI is InChI=1S/C14H22NO3P/c1-9-13-12(8-17-14(3,4)18-13)11(7-15-9)10(2)19(5,6)16/h7,10H,8H2,1-6H3. The molecule has 0 N–H and O–H groups in total. The largest absolute Gasteiger partial charge is 0.461 e. The van der Waals surface area contributed by atoms with E-state index in [0.717, 1.165) is 22.6 Å². The fourth-order valence-electron chi connectivity index (χ4n) is 2.15. The Kier molecular flexibility index (Phi) is 3.53. The van der Waals surface area contributed by atoms with Crippen LogP contribution in [0.4, 0.5) is 0 Å². The van der Waals surface area contributed by atoms with Crippen LogP contribution in [0, 0.1) is 6.92 Å². The molecule has 0 spiro atoms. The molecule has 0 aliphatic carbocycles. The zero-order valence-electron chi connectivity index (χ0n) is 12.5. The normalized spacial score (nSPS) is 19.5. The van der Waals surface area contributed by atoms with Gasteiger partial charge in [-0.1, -0.05) is 6.92 Å². The molecule has 1 aromatic rings. The van der Waals surface area contributed by atoms with Crippen LogP contribution in [-0.4, -0.2) is 24.1 Å². The highest BCUT2D eigenvalue weighted by atomic mass is 31.2.